The van der Waals surface area contributed by atoms with E-state index < -0.39 is 0 Å². The largest absolute Gasteiger partial charge is 0.385 e. The Morgan fingerprint density at radius 2 is 2.38 bits per heavy atom. The molecule has 0 aromatic carbocycles. The summed E-state index contributed by atoms with van der Waals surface area (Å²) in [5.41, 5.74) is 6.12. The van der Waals surface area contributed by atoms with Crippen LogP contribution in [-0.2, 0) is 0 Å². The van der Waals surface area contributed by atoms with Crippen LogP contribution in [0.4, 0.5) is 0 Å². The van der Waals surface area contributed by atoms with Crippen LogP contribution in [0.15, 0.2) is 36.2 Å². The summed E-state index contributed by atoms with van der Waals surface area (Å²) in [6.45, 7) is 1.70. The molecule has 70 valence electrons. The number of hydrogen-bond acceptors (Lipinski definition) is 3. The van der Waals surface area contributed by atoms with Crippen molar-refractivity contribution in [2.24, 2.45) is 5.73 Å². The molecule has 1 atom stereocenters. The highest BCUT2D eigenvalue weighted by Crippen LogP contribution is 2.03. The van der Waals surface area contributed by atoms with Crippen LogP contribution in [0.5, 0.6) is 0 Å². The molecule has 0 saturated heterocycles. The number of nitrogens with two attached hydrogens (primary N) is 1. The van der Waals surface area contributed by atoms with Crippen LogP contribution >= 0.6 is 0 Å². The van der Waals surface area contributed by atoms with Gasteiger partial charge in [-0.25, -0.2) is 0 Å². The van der Waals surface area contributed by atoms with E-state index in [0.29, 0.717) is 11.5 Å². The second-order valence-corrected chi connectivity index (χ2v) is 3.08. The van der Waals surface area contributed by atoms with Crippen LogP contribution in [-0.4, -0.2) is 11.8 Å². The van der Waals surface area contributed by atoms with Crippen molar-refractivity contribution in [1.29, 1.82) is 5.41 Å². The summed E-state index contributed by atoms with van der Waals surface area (Å²) in [5, 5.41) is 10.3. The molecular formula is C10H15N3. The fourth-order valence-corrected chi connectivity index (χ4v) is 1.18. The molecule has 1 aliphatic carbocycles. The molecule has 1 unspecified atom stereocenters. The zero-order chi connectivity index (χ0) is 9.68. The maximum absolute atomic E-state index is 7.21. The van der Waals surface area contributed by atoms with Crippen molar-refractivity contribution < 1.29 is 0 Å². The highest BCUT2D eigenvalue weighted by molar-refractivity contribution is 5.90. The molecule has 0 aromatic rings. The van der Waals surface area contributed by atoms with Crippen molar-refractivity contribution in [1.82, 2.24) is 5.32 Å². The molecule has 0 spiro atoms. The van der Waals surface area contributed by atoms with Crippen molar-refractivity contribution in [3.05, 3.63) is 36.2 Å². The van der Waals surface area contributed by atoms with Gasteiger partial charge in [0.25, 0.3) is 0 Å². The lowest BCUT2D eigenvalue weighted by atomic mass is 10.1. The quantitative estimate of drug-likeness (QED) is 0.569. The van der Waals surface area contributed by atoms with Crippen LogP contribution < -0.4 is 11.1 Å². The number of hydrogen-bond donors (Lipinski definition) is 3. The first-order chi connectivity index (χ1) is 6.18. The van der Waals surface area contributed by atoms with Crippen LogP contribution in [0.1, 0.15) is 13.3 Å². The first-order valence-corrected chi connectivity index (χ1v) is 4.30. The predicted molar refractivity (Wildman–Crippen MR) is 55.5 cm³/mol. The van der Waals surface area contributed by atoms with Gasteiger partial charge in [0, 0.05) is 11.8 Å². The van der Waals surface area contributed by atoms with E-state index in [1.54, 1.807) is 13.0 Å². The summed E-state index contributed by atoms with van der Waals surface area (Å²) < 4.78 is 0. The molecule has 1 rings (SSSR count). The Hall–Kier alpha value is -1.51. The van der Waals surface area contributed by atoms with Gasteiger partial charge in [-0.1, -0.05) is 24.3 Å². The fourth-order valence-electron chi connectivity index (χ4n) is 1.18. The summed E-state index contributed by atoms with van der Waals surface area (Å²) >= 11 is 0. The zero-order valence-corrected chi connectivity index (χ0v) is 7.75. The maximum atomic E-state index is 7.21. The van der Waals surface area contributed by atoms with Crippen molar-refractivity contribution in [2.45, 2.75) is 19.4 Å². The highest BCUT2D eigenvalue weighted by atomic mass is 15.0. The van der Waals surface area contributed by atoms with Gasteiger partial charge < -0.3 is 16.5 Å². The lowest BCUT2D eigenvalue weighted by molar-refractivity contribution is 0.667. The van der Waals surface area contributed by atoms with Crippen LogP contribution in [0.25, 0.3) is 0 Å². The second-order valence-electron chi connectivity index (χ2n) is 3.08. The maximum Gasteiger partial charge on any atom is 0.0982 e. The van der Waals surface area contributed by atoms with Crippen molar-refractivity contribution >= 4 is 5.71 Å². The standard InChI is InChI=1S/C10H15N3/c1-8(11)7-10(12)13-9-5-3-2-4-6-9/h2-5,7,9,11,13H,6,12H2,1H3/b10-7-,11-8?. The molecule has 0 radical (unpaired) electrons. The normalized spacial score (nSPS) is 21.6. The minimum atomic E-state index is 0.264. The summed E-state index contributed by atoms with van der Waals surface area (Å²) in [6, 6.07) is 0.264. The predicted octanol–water partition coefficient (Wildman–Crippen LogP) is 1.30. The van der Waals surface area contributed by atoms with E-state index in [1.807, 2.05) is 12.2 Å². The lowest BCUT2D eigenvalue weighted by Gasteiger charge is -2.16. The molecule has 0 saturated carbocycles. The Morgan fingerprint density at radius 3 is 2.92 bits per heavy atom. The SMILES string of the molecule is CC(=N)/C=C(/N)NC1C=CC=CC1. The van der Waals surface area contributed by atoms with E-state index in [1.165, 1.54) is 0 Å². The third kappa shape index (κ3) is 3.60. The molecule has 3 heteroatoms. The molecule has 0 fully saturated rings. The second kappa shape index (κ2) is 4.50. The lowest BCUT2D eigenvalue weighted by Crippen LogP contribution is -2.31. The number of rotatable bonds is 3. The van der Waals surface area contributed by atoms with E-state index in [4.69, 9.17) is 11.1 Å². The molecule has 1 aliphatic rings. The van der Waals surface area contributed by atoms with Gasteiger partial charge in [0.1, 0.15) is 0 Å². The topological polar surface area (TPSA) is 61.9 Å². The average Bonchev–Trinajstić information content (AvgIpc) is 2.04. The van der Waals surface area contributed by atoms with E-state index in [0.717, 1.165) is 6.42 Å². The molecule has 3 nitrogen and oxygen atoms in total. The monoisotopic (exact) mass is 177 g/mol. The van der Waals surface area contributed by atoms with Gasteiger partial charge in [0.2, 0.25) is 0 Å². The summed E-state index contributed by atoms with van der Waals surface area (Å²) in [7, 11) is 0. The van der Waals surface area contributed by atoms with Gasteiger partial charge in [0.15, 0.2) is 0 Å². The van der Waals surface area contributed by atoms with Gasteiger partial charge in [-0.15, -0.1) is 0 Å². The summed E-state index contributed by atoms with van der Waals surface area (Å²) in [5.74, 6) is 0.553. The van der Waals surface area contributed by atoms with E-state index >= 15 is 0 Å². The Morgan fingerprint density at radius 1 is 1.62 bits per heavy atom. The van der Waals surface area contributed by atoms with Gasteiger partial charge in [-0.2, -0.15) is 0 Å². The van der Waals surface area contributed by atoms with Gasteiger partial charge in [-0.3, -0.25) is 0 Å². The molecule has 0 bridgehead atoms. The molecular weight excluding hydrogens is 162 g/mol. The van der Waals surface area contributed by atoms with E-state index in [2.05, 4.69) is 17.5 Å². The number of nitrogens with one attached hydrogen (secondary N) is 2. The Balaban J connectivity index is 2.44. The van der Waals surface area contributed by atoms with Crippen LogP contribution in [0, 0.1) is 5.41 Å². The van der Waals surface area contributed by atoms with E-state index in [9.17, 15) is 0 Å². The first kappa shape index (κ1) is 9.58. The summed E-state index contributed by atoms with van der Waals surface area (Å²) in [6.07, 6.45) is 10.7. The fraction of sp³-hybridized carbons (Fsp3) is 0.300. The number of allylic oxidation sites excluding steroid dienone is 3. The average molecular weight is 177 g/mol. The van der Waals surface area contributed by atoms with Crippen molar-refractivity contribution in [3.8, 4) is 0 Å². The molecule has 4 N–H and O–H groups in total. The van der Waals surface area contributed by atoms with E-state index in [-0.39, 0.29) is 6.04 Å². The smallest absolute Gasteiger partial charge is 0.0982 e. The van der Waals surface area contributed by atoms with Crippen LogP contribution in [0.2, 0.25) is 0 Å². The molecule has 13 heavy (non-hydrogen) atoms. The highest BCUT2D eigenvalue weighted by Gasteiger charge is 2.03. The Bertz CT molecular complexity index is 274. The molecule has 0 aliphatic heterocycles. The van der Waals surface area contributed by atoms with Crippen molar-refractivity contribution in [2.75, 3.05) is 0 Å². The molecule has 0 aromatic heterocycles. The Kier molecular flexibility index (Phi) is 3.31. The zero-order valence-electron chi connectivity index (χ0n) is 7.75. The Labute approximate surface area is 78.5 Å². The third-order valence-electron chi connectivity index (χ3n) is 1.70. The summed E-state index contributed by atoms with van der Waals surface area (Å²) in [4.78, 5) is 0. The third-order valence-corrected chi connectivity index (χ3v) is 1.70. The first-order valence-electron chi connectivity index (χ1n) is 4.30. The molecule has 0 amide bonds. The van der Waals surface area contributed by atoms with Gasteiger partial charge in [-0.05, 0) is 19.4 Å². The minimum Gasteiger partial charge on any atom is -0.385 e. The van der Waals surface area contributed by atoms with Gasteiger partial charge in [0.05, 0.1) is 5.82 Å². The minimum absolute atomic E-state index is 0.264. The molecule has 0 heterocycles. The van der Waals surface area contributed by atoms with Gasteiger partial charge >= 0.3 is 0 Å². The van der Waals surface area contributed by atoms with Crippen LogP contribution in [0.3, 0.4) is 0 Å². The van der Waals surface area contributed by atoms with Crippen molar-refractivity contribution in [3.63, 3.8) is 0 Å².